The summed E-state index contributed by atoms with van der Waals surface area (Å²) >= 11 is 0. The van der Waals surface area contributed by atoms with Crippen molar-refractivity contribution in [3.05, 3.63) is 52.7 Å². The molecule has 0 radical (unpaired) electrons. The Labute approximate surface area is 202 Å². The Morgan fingerprint density at radius 2 is 1.71 bits per heavy atom. The average molecular weight is 462 g/mol. The molecule has 2 N–H and O–H groups in total. The highest BCUT2D eigenvalue weighted by Gasteiger charge is 2.27. The Morgan fingerprint density at radius 1 is 1.03 bits per heavy atom. The third-order valence-corrected chi connectivity index (χ3v) is 7.39. The summed E-state index contributed by atoms with van der Waals surface area (Å²) in [7, 11) is 0. The number of nitrogens with one attached hydrogen (secondary N) is 2. The van der Waals surface area contributed by atoms with Crippen LogP contribution in [0.1, 0.15) is 78.2 Å². The topological polar surface area (TPSA) is 90.2 Å². The molecule has 0 spiro atoms. The fourth-order valence-corrected chi connectivity index (χ4v) is 5.35. The maximum atomic E-state index is 13.0. The van der Waals surface area contributed by atoms with Crippen molar-refractivity contribution in [1.29, 1.82) is 5.26 Å². The normalized spacial score (nSPS) is 17.8. The van der Waals surface area contributed by atoms with E-state index < -0.39 is 0 Å². The first kappa shape index (κ1) is 24.0. The number of piperidine rings is 1. The van der Waals surface area contributed by atoms with Crippen LogP contribution in [-0.4, -0.2) is 47.0 Å². The predicted molar refractivity (Wildman–Crippen MR) is 133 cm³/mol. The van der Waals surface area contributed by atoms with Gasteiger partial charge in [-0.2, -0.15) is 5.26 Å². The van der Waals surface area contributed by atoms with E-state index in [4.69, 9.17) is 0 Å². The van der Waals surface area contributed by atoms with Gasteiger partial charge in [-0.1, -0.05) is 37.5 Å². The highest BCUT2D eigenvalue weighted by atomic mass is 16.2. The summed E-state index contributed by atoms with van der Waals surface area (Å²) in [6.45, 7) is 5.81. The Kier molecular flexibility index (Phi) is 7.69. The molecule has 2 aromatic rings. The van der Waals surface area contributed by atoms with E-state index >= 15 is 0 Å². The summed E-state index contributed by atoms with van der Waals surface area (Å²) < 4.78 is 2.20. The predicted octanol–water partition coefficient (Wildman–Crippen LogP) is 4.31. The summed E-state index contributed by atoms with van der Waals surface area (Å²) in [5, 5.41) is 16.0. The second-order valence-electron chi connectivity index (χ2n) is 9.65. The number of rotatable bonds is 6. The molecule has 1 aromatic heterocycles. The van der Waals surface area contributed by atoms with Crippen LogP contribution < -0.4 is 10.6 Å². The molecule has 2 heterocycles. The summed E-state index contributed by atoms with van der Waals surface area (Å²) in [5.74, 6) is 0.535. The van der Waals surface area contributed by atoms with E-state index in [0.717, 1.165) is 50.0 Å². The molecule has 0 atom stereocenters. The van der Waals surface area contributed by atoms with Crippen molar-refractivity contribution in [2.45, 2.75) is 70.9 Å². The molecular formula is C27H35N5O2. The van der Waals surface area contributed by atoms with Crippen LogP contribution in [-0.2, 0) is 4.79 Å². The molecule has 1 saturated heterocycles. The van der Waals surface area contributed by atoms with Gasteiger partial charge < -0.3 is 15.2 Å². The number of nitriles is 1. The second-order valence-corrected chi connectivity index (χ2v) is 9.65. The van der Waals surface area contributed by atoms with Crippen molar-refractivity contribution in [3.8, 4) is 6.07 Å². The lowest BCUT2D eigenvalue weighted by atomic mass is 9.95. The number of carbonyl (C=O) groups excluding carboxylic acids is 2. The van der Waals surface area contributed by atoms with Gasteiger partial charge in [0.1, 0.15) is 11.9 Å². The molecule has 0 bridgehead atoms. The molecule has 2 aliphatic rings. The zero-order valence-corrected chi connectivity index (χ0v) is 20.3. The van der Waals surface area contributed by atoms with Gasteiger partial charge in [0.05, 0.1) is 12.1 Å². The van der Waals surface area contributed by atoms with E-state index in [2.05, 4.69) is 33.1 Å². The van der Waals surface area contributed by atoms with Crippen LogP contribution in [0, 0.1) is 25.2 Å². The van der Waals surface area contributed by atoms with Gasteiger partial charge in [-0.05, 0) is 57.2 Å². The van der Waals surface area contributed by atoms with Crippen LogP contribution >= 0.6 is 0 Å². The molecule has 0 unspecified atom stereocenters. The maximum Gasteiger partial charge on any atom is 0.251 e. The van der Waals surface area contributed by atoms with Gasteiger partial charge >= 0.3 is 0 Å². The molecule has 180 valence electrons. The van der Waals surface area contributed by atoms with Crippen molar-refractivity contribution in [2.75, 3.05) is 25.0 Å². The Hall–Kier alpha value is -3.11. The van der Waals surface area contributed by atoms with Crippen LogP contribution in [0.2, 0.25) is 0 Å². The highest BCUT2D eigenvalue weighted by Crippen LogP contribution is 2.36. The van der Waals surface area contributed by atoms with Gasteiger partial charge in [0.2, 0.25) is 5.91 Å². The first-order chi connectivity index (χ1) is 16.5. The van der Waals surface area contributed by atoms with Crippen molar-refractivity contribution in [2.24, 2.45) is 0 Å². The van der Waals surface area contributed by atoms with Crippen molar-refractivity contribution in [3.63, 3.8) is 0 Å². The van der Waals surface area contributed by atoms with Crippen LogP contribution in [0.3, 0.4) is 0 Å². The summed E-state index contributed by atoms with van der Waals surface area (Å²) in [6, 6.07) is 12.0. The monoisotopic (exact) mass is 461 g/mol. The van der Waals surface area contributed by atoms with Crippen LogP contribution in [0.25, 0.3) is 0 Å². The summed E-state index contributed by atoms with van der Waals surface area (Å²) in [6.07, 6.45) is 7.43. The number of amides is 2. The van der Waals surface area contributed by atoms with E-state index in [0.29, 0.717) is 23.0 Å². The molecule has 34 heavy (non-hydrogen) atoms. The van der Waals surface area contributed by atoms with Crippen molar-refractivity contribution in [1.82, 2.24) is 14.8 Å². The van der Waals surface area contributed by atoms with Crippen LogP contribution in [0.15, 0.2) is 30.3 Å². The largest absolute Gasteiger partial charge is 0.349 e. The minimum absolute atomic E-state index is 0.0463. The average Bonchev–Trinajstić information content (AvgIpc) is 3.09. The summed E-state index contributed by atoms with van der Waals surface area (Å²) in [5.41, 5.74) is 3.29. The van der Waals surface area contributed by atoms with E-state index in [9.17, 15) is 14.9 Å². The van der Waals surface area contributed by atoms with Crippen molar-refractivity contribution < 1.29 is 9.59 Å². The maximum absolute atomic E-state index is 13.0. The lowest BCUT2D eigenvalue weighted by Gasteiger charge is -2.32. The Morgan fingerprint density at radius 3 is 2.35 bits per heavy atom. The van der Waals surface area contributed by atoms with E-state index in [-0.39, 0.29) is 24.4 Å². The lowest BCUT2D eigenvalue weighted by molar-refractivity contribution is -0.117. The third kappa shape index (κ3) is 5.34. The number of carbonyl (C=O) groups is 2. The zero-order chi connectivity index (χ0) is 24.1. The Balaban J connectivity index is 1.34. The molecular weight excluding hydrogens is 426 g/mol. The quantitative estimate of drug-likeness (QED) is 0.671. The highest BCUT2D eigenvalue weighted by molar-refractivity contribution is 5.94. The SMILES string of the molecule is Cc1c(C#N)c(NC(=O)CN2CCC(NC(=O)c3ccccc3)CC2)n(C2CCCCC2)c1C. The number of benzene rings is 1. The molecule has 7 heteroatoms. The lowest BCUT2D eigenvalue weighted by Crippen LogP contribution is -2.46. The van der Waals surface area contributed by atoms with Crippen LogP contribution in [0.5, 0.6) is 0 Å². The van der Waals surface area contributed by atoms with Gasteiger partial charge in [-0.15, -0.1) is 0 Å². The molecule has 2 fully saturated rings. The van der Waals surface area contributed by atoms with Gasteiger partial charge in [0.15, 0.2) is 0 Å². The number of likely N-dealkylation sites (tertiary alicyclic amines) is 1. The Bertz CT molecular complexity index is 1050. The zero-order valence-electron chi connectivity index (χ0n) is 20.3. The van der Waals surface area contributed by atoms with E-state index in [1.807, 2.05) is 37.3 Å². The second kappa shape index (κ2) is 10.9. The van der Waals surface area contributed by atoms with Gasteiger partial charge in [-0.3, -0.25) is 14.5 Å². The van der Waals surface area contributed by atoms with Gasteiger partial charge in [0, 0.05) is 36.4 Å². The fraction of sp³-hybridized carbons (Fsp3) is 0.519. The molecule has 1 aliphatic heterocycles. The van der Waals surface area contributed by atoms with Gasteiger partial charge in [0.25, 0.3) is 5.91 Å². The number of hydrogen-bond acceptors (Lipinski definition) is 4. The molecule has 2 amide bonds. The number of hydrogen-bond donors (Lipinski definition) is 2. The van der Waals surface area contributed by atoms with Crippen molar-refractivity contribution >= 4 is 17.6 Å². The van der Waals surface area contributed by atoms with E-state index in [1.54, 1.807) is 0 Å². The van der Waals surface area contributed by atoms with E-state index in [1.165, 1.54) is 19.3 Å². The smallest absolute Gasteiger partial charge is 0.251 e. The molecule has 7 nitrogen and oxygen atoms in total. The molecule has 1 aromatic carbocycles. The van der Waals surface area contributed by atoms with Gasteiger partial charge in [-0.25, -0.2) is 0 Å². The minimum Gasteiger partial charge on any atom is -0.349 e. The first-order valence-corrected chi connectivity index (χ1v) is 12.5. The molecule has 4 rings (SSSR count). The fourth-order valence-electron chi connectivity index (χ4n) is 5.35. The number of aromatic nitrogens is 1. The summed E-state index contributed by atoms with van der Waals surface area (Å²) in [4.78, 5) is 27.5. The minimum atomic E-state index is -0.0853. The molecule has 1 saturated carbocycles. The number of nitrogens with zero attached hydrogens (tertiary/aromatic N) is 3. The third-order valence-electron chi connectivity index (χ3n) is 7.39. The van der Waals surface area contributed by atoms with Crippen LogP contribution in [0.4, 0.5) is 5.82 Å². The standard InChI is InChI=1S/C27H35N5O2/c1-19-20(2)32(23-11-7-4-8-12-23)26(24(19)17-28)30-25(33)18-31-15-13-22(14-16-31)29-27(34)21-9-5-3-6-10-21/h3,5-6,9-10,22-23H,4,7-8,11-16,18H2,1-2H3,(H,29,34)(H,30,33). The number of anilines is 1. The molecule has 1 aliphatic carbocycles. The first-order valence-electron chi connectivity index (χ1n) is 12.5.